The highest BCUT2D eigenvalue weighted by atomic mass is 16.7. The van der Waals surface area contributed by atoms with Crippen LogP contribution in [-0.4, -0.2) is 161 Å². The van der Waals surface area contributed by atoms with Crippen LogP contribution in [0.5, 0.6) is 0 Å². The average molecular weight is 502 g/mol. The Morgan fingerprint density at radius 3 is 1.91 bits per heavy atom. The molecule has 16 heteroatoms. The van der Waals surface area contributed by atoms with Crippen LogP contribution in [0.1, 0.15) is 0 Å². The lowest BCUT2D eigenvalue weighted by Gasteiger charge is -2.51. The molecular formula is C18H30O16. The van der Waals surface area contributed by atoms with Gasteiger partial charge in [0.05, 0.1) is 37.9 Å². The van der Waals surface area contributed by atoms with Crippen LogP contribution in [0.4, 0.5) is 0 Å². The monoisotopic (exact) mass is 502 g/mol. The van der Waals surface area contributed by atoms with Gasteiger partial charge in [0.1, 0.15) is 48.8 Å². The smallest absolute Gasteiger partial charge is 0.344 e. The number of carbonyl (C=O) groups is 1. The second kappa shape index (κ2) is 10.5. The maximum atomic E-state index is 12.9. The maximum Gasteiger partial charge on any atom is 0.344 e. The van der Waals surface area contributed by atoms with Crippen molar-refractivity contribution in [1.82, 2.24) is 0 Å². The summed E-state index contributed by atoms with van der Waals surface area (Å²) in [5, 5.41) is 110. The summed E-state index contributed by atoms with van der Waals surface area (Å²) in [6.07, 6.45) is -22.7. The Kier molecular flexibility index (Phi) is 8.48. The summed E-state index contributed by atoms with van der Waals surface area (Å²) in [6.45, 7) is -3.04. The van der Waals surface area contributed by atoms with E-state index in [0.29, 0.717) is 0 Å². The molecule has 3 fully saturated rings. The van der Waals surface area contributed by atoms with Crippen molar-refractivity contribution in [3.63, 3.8) is 0 Å². The lowest BCUT2D eigenvalue weighted by atomic mass is 9.77. The SMILES string of the molecule is O=C1OC([C@H]2[C@@H](O)[C@@H](O)[C@@H](O)O[C@H]2CO)C(O)C(O)C1(CO)OC1O[C@H](CO)[C@@H](O)[C@H](O)[C@H]1O. The van der Waals surface area contributed by atoms with E-state index in [0.717, 1.165) is 0 Å². The molecule has 0 bridgehead atoms. The molecule has 198 valence electrons. The number of ether oxygens (including phenoxy) is 4. The number of hydrogen-bond donors (Lipinski definition) is 11. The molecule has 3 aliphatic rings. The van der Waals surface area contributed by atoms with Crippen molar-refractivity contribution in [2.75, 3.05) is 19.8 Å². The standard InChI is InChI=1S/C18H30O16/c19-1-4-6(8(23)10(25)15(29)31-4)13-12(27)14(28)18(3-21,17(30)33-13)34-16-11(26)9(24)7(22)5(2-20)32-16/h4-16,19-29H,1-3H2/t4-,5+,6+,7+,8+,9-,10+,11+,12?,13?,14?,15-,16?,18?/m0/s1. The number of esters is 1. The summed E-state index contributed by atoms with van der Waals surface area (Å²) >= 11 is 0. The van der Waals surface area contributed by atoms with E-state index in [1.165, 1.54) is 0 Å². The number of aliphatic hydroxyl groups is 11. The van der Waals surface area contributed by atoms with Crippen molar-refractivity contribution >= 4 is 5.97 Å². The molecule has 0 aromatic carbocycles. The highest BCUT2D eigenvalue weighted by molar-refractivity contribution is 5.82. The quantitative estimate of drug-likeness (QED) is 0.150. The number of aliphatic hydroxyl groups excluding tert-OH is 11. The topological polar surface area (TPSA) is 277 Å². The minimum atomic E-state index is -2.81. The first kappa shape index (κ1) is 27.5. The molecule has 3 rings (SSSR count). The molecule has 34 heavy (non-hydrogen) atoms. The Morgan fingerprint density at radius 2 is 1.35 bits per heavy atom. The highest BCUT2D eigenvalue weighted by Gasteiger charge is 2.63. The van der Waals surface area contributed by atoms with Crippen molar-refractivity contribution in [3.05, 3.63) is 0 Å². The predicted octanol–water partition coefficient (Wildman–Crippen LogP) is -7.77. The number of carbonyl (C=O) groups excluding carboxylic acids is 1. The summed E-state index contributed by atoms with van der Waals surface area (Å²) in [5.41, 5.74) is -2.81. The summed E-state index contributed by atoms with van der Waals surface area (Å²) in [6, 6.07) is 0. The average Bonchev–Trinajstić information content (AvgIpc) is 2.82. The van der Waals surface area contributed by atoms with Crippen molar-refractivity contribution in [2.24, 2.45) is 5.92 Å². The molecule has 0 saturated carbocycles. The lowest BCUT2D eigenvalue weighted by Crippen LogP contribution is -2.73. The molecule has 14 atom stereocenters. The Hall–Kier alpha value is -1.09. The van der Waals surface area contributed by atoms with Gasteiger partial charge in [-0.1, -0.05) is 0 Å². The van der Waals surface area contributed by atoms with Gasteiger partial charge in [0.25, 0.3) is 0 Å². The fourth-order valence-corrected chi connectivity index (χ4v) is 4.40. The summed E-state index contributed by atoms with van der Waals surface area (Å²) < 4.78 is 20.4. The summed E-state index contributed by atoms with van der Waals surface area (Å²) in [4.78, 5) is 12.9. The third-order valence-corrected chi connectivity index (χ3v) is 6.48. The fourth-order valence-electron chi connectivity index (χ4n) is 4.40. The van der Waals surface area contributed by atoms with Crippen LogP contribution in [0.25, 0.3) is 0 Å². The Balaban J connectivity index is 1.87. The molecule has 0 aliphatic carbocycles. The predicted molar refractivity (Wildman–Crippen MR) is 100 cm³/mol. The van der Waals surface area contributed by atoms with E-state index in [4.69, 9.17) is 18.9 Å². The van der Waals surface area contributed by atoms with Gasteiger partial charge in [-0.15, -0.1) is 0 Å². The van der Waals surface area contributed by atoms with Gasteiger partial charge in [0.2, 0.25) is 5.60 Å². The first-order valence-electron chi connectivity index (χ1n) is 10.4. The number of cyclic esters (lactones) is 1. The molecule has 0 aromatic heterocycles. The molecule has 0 amide bonds. The van der Waals surface area contributed by atoms with Crippen molar-refractivity contribution in [1.29, 1.82) is 0 Å². The largest absolute Gasteiger partial charge is 0.457 e. The van der Waals surface area contributed by atoms with Crippen LogP contribution in [0.2, 0.25) is 0 Å². The molecule has 0 aromatic rings. The van der Waals surface area contributed by atoms with Crippen LogP contribution in [0.15, 0.2) is 0 Å². The third kappa shape index (κ3) is 4.44. The van der Waals surface area contributed by atoms with E-state index in [1.807, 2.05) is 0 Å². The van der Waals surface area contributed by atoms with E-state index in [2.05, 4.69) is 0 Å². The Bertz CT molecular complexity index is 705. The zero-order chi connectivity index (χ0) is 25.5. The van der Waals surface area contributed by atoms with Crippen LogP contribution in [-0.2, 0) is 23.7 Å². The molecule has 11 N–H and O–H groups in total. The Labute approximate surface area is 191 Å². The molecule has 3 aliphatic heterocycles. The Morgan fingerprint density at radius 1 is 0.735 bits per heavy atom. The fraction of sp³-hybridized carbons (Fsp3) is 0.944. The van der Waals surface area contributed by atoms with Crippen LogP contribution in [0.3, 0.4) is 0 Å². The van der Waals surface area contributed by atoms with Crippen LogP contribution < -0.4 is 0 Å². The van der Waals surface area contributed by atoms with Gasteiger partial charge >= 0.3 is 5.97 Å². The molecule has 3 saturated heterocycles. The van der Waals surface area contributed by atoms with Gasteiger partial charge in [-0.25, -0.2) is 4.79 Å². The second-order valence-electron chi connectivity index (χ2n) is 8.47. The summed E-state index contributed by atoms with van der Waals surface area (Å²) in [7, 11) is 0. The lowest BCUT2D eigenvalue weighted by molar-refractivity contribution is -0.354. The first-order valence-corrected chi connectivity index (χ1v) is 10.4. The van der Waals surface area contributed by atoms with E-state index >= 15 is 0 Å². The van der Waals surface area contributed by atoms with Crippen LogP contribution in [0, 0.1) is 5.92 Å². The number of rotatable bonds is 6. The minimum absolute atomic E-state index is 0.842. The van der Waals surface area contributed by atoms with Gasteiger partial charge in [0.15, 0.2) is 12.6 Å². The zero-order valence-electron chi connectivity index (χ0n) is 17.6. The number of hydrogen-bond acceptors (Lipinski definition) is 16. The minimum Gasteiger partial charge on any atom is -0.457 e. The zero-order valence-corrected chi connectivity index (χ0v) is 17.6. The van der Waals surface area contributed by atoms with Crippen molar-refractivity contribution in [3.8, 4) is 0 Å². The third-order valence-electron chi connectivity index (χ3n) is 6.48. The molecule has 0 spiro atoms. The van der Waals surface area contributed by atoms with Gasteiger partial charge in [-0.2, -0.15) is 0 Å². The highest BCUT2D eigenvalue weighted by Crippen LogP contribution is 2.39. The molecule has 3 heterocycles. The molecule has 0 radical (unpaired) electrons. The van der Waals surface area contributed by atoms with E-state index in [9.17, 15) is 61.0 Å². The molecular weight excluding hydrogens is 472 g/mol. The molecule has 16 nitrogen and oxygen atoms in total. The van der Waals surface area contributed by atoms with Gasteiger partial charge < -0.3 is 75.1 Å². The van der Waals surface area contributed by atoms with E-state index < -0.39 is 111 Å². The second-order valence-corrected chi connectivity index (χ2v) is 8.47. The molecule has 5 unspecified atom stereocenters. The normalized spacial score (nSPS) is 52.3. The van der Waals surface area contributed by atoms with E-state index in [1.54, 1.807) is 0 Å². The van der Waals surface area contributed by atoms with Crippen LogP contribution >= 0.6 is 0 Å². The van der Waals surface area contributed by atoms with Crippen molar-refractivity contribution in [2.45, 2.75) is 79.2 Å². The van der Waals surface area contributed by atoms with E-state index in [-0.39, 0.29) is 0 Å². The van der Waals surface area contributed by atoms with Gasteiger partial charge in [-0.3, -0.25) is 0 Å². The van der Waals surface area contributed by atoms with Crippen molar-refractivity contribution < 1.29 is 79.9 Å². The van der Waals surface area contributed by atoms with Gasteiger partial charge in [0, 0.05) is 0 Å². The maximum absolute atomic E-state index is 12.9. The summed E-state index contributed by atoms with van der Waals surface area (Å²) in [5.74, 6) is -3.08. The first-order chi connectivity index (χ1) is 15.9. The van der Waals surface area contributed by atoms with Gasteiger partial charge in [-0.05, 0) is 0 Å².